The molecule has 2 rings (SSSR count). The molecule has 0 saturated heterocycles. The zero-order valence-electron chi connectivity index (χ0n) is 14.3. The Kier molecular flexibility index (Phi) is 5.32. The number of sulfone groups is 1. The highest BCUT2D eigenvalue weighted by Gasteiger charge is 2.39. The Morgan fingerprint density at radius 2 is 1.59 bits per heavy atom. The Bertz CT molecular complexity index is 1020. The molecule has 0 saturated carbocycles. The number of halogens is 3. The van der Waals surface area contributed by atoms with E-state index in [1.54, 1.807) is 6.92 Å². The van der Waals surface area contributed by atoms with Crippen molar-refractivity contribution in [2.45, 2.75) is 29.8 Å². The fourth-order valence-corrected chi connectivity index (χ4v) is 3.92. The maximum absolute atomic E-state index is 13.5. The standard InChI is InChI=1S/C17H16F3N3O3S/c1-9-3-5-11(6-4-9)27(25,26)14-7-10(2)12(15(24)23-16(21)22)8-13(14)17(18,19)20/h3-8H,1-2H3,(H4,21,22,23,24). The Morgan fingerprint density at radius 1 is 1.04 bits per heavy atom. The van der Waals surface area contributed by atoms with Crippen molar-refractivity contribution in [2.75, 3.05) is 0 Å². The Morgan fingerprint density at radius 3 is 2.07 bits per heavy atom. The van der Waals surface area contributed by atoms with Gasteiger partial charge in [0.2, 0.25) is 9.84 Å². The number of guanidine groups is 1. The van der Waals surface area contributed by atoms with Gasteiger partial charge in [-0.25, -0.2) is 8.42 Å². The van der Waals surface area contributed by atoms with Crippen LogP contribution >= 0.6 is 0 Å². The quantitative estimate of drug-likeness (QED) is 0.608. The van der Waals surface area contributed by atoms with Gasteiger partial charge in [-0.05, 0) is 43.7 Å². The van der Waals surface area contributed by atoms with E-state index in [-0.39, 0.29) is 10.5 Å². The number of carbonyl (C=O) groups is 1. The van der Waals surface area contributed by atoms with Gasteiger partial charge >= 0.3 is 6.18 Å². The monoisotopic (exact) mass is 399 g/mol. The summed E-state index contributed by atoms with van der Waals surface area (Å²) in [6, 6.07) is 6.64. The molecule has 1 amide bonds. The van der Waals surface area contributed by atoms with Crippen molar-refractivity contribution in [3.63, 3.8) is 0 Å². The summed E-state index contributed by atoms with van der Waals surface area (Å²) in [5.41, 5.74) is 8.99. The van der Waals surface area contributed by atoms with E-state index in [4.69, 9.17) is 11.5 Å². The van der Waals surface area contributed by atoms with Gasteiger partial charge in [0.05, 0.1) is 15.4 Å². The van der Waals surface area contributed by atoms with Gasteiger partial charge in [-0.1, -0.05) is 17.7 Å². The predicted molar refractivity (Wildman–Crippen MR) is 93.0 cm³/mol. The normalized spacial score (nSPS) is 11.9. The molecule has 4 N–H and O–H groups in total. The SMILES string of the molecule is Cc1ccc(S(=O)(=O)c2cc(C)c(C(=O)N=C(N)N)cc2C(F)(F)F)cc1. The molecular weight excluding hydrogens is 383 g/mol. The van der Waals surface area contributed by atoms with E-state index in [2.05, 4.69) is 4.99 Å². The second-order valence-electron chi connectivity index (χ2n) is 5.82. The first-order valence-corrected chi connectivity index (χ1v) is 9.00. The van der Waals surface area contributed by atoms with Crippen LogP contribution in [-0.2, 0) is 16.0 Å². The maximum Gasteiger partial charge on any atom is 0.417 e. The van der Waals surface area contributed by atoms with Crippen LogP contribution in [0.4, 0.5) is 13.2 Å². The van der Waals surface area contributed by atoms with Crippen LogP contribution in [0.2, 0.25) is 0 Å². The van der Waals surface area contributed by atoms with Crippen molar-refractivity contribution in [1.82, 2.24) is 0 Å². The van der Waals surface area contributed by atoms with E-state index in [1.807, 2.05) is 0 Å². The lowest BCUT2D eigenvalue weighted by atomic mass is 10.0. The molecule has 144 valence electrons. The van der Waals surface area contributed by atoms with Gasteiger partial charge in [0, 0.05) is 5.56 Å². The molecule has 6 nitrogen and oxygen atoms in total. The maximum atomic E-state index is 13.5. The second kappa shape index (κ2) is 7.03. The first-order valence-electron chi connectivity index (χ1n) is 7.51. The molecule has 0 unspecified atom stereocenters. The largest absolute Gasteiger partial charge is 0.417 e. The van der Waals surface area contributed by atoms with E-state index >= 15 is 0 Å². The average molecular weight is 399 g/mol. The van der Waals surface area contributed by atoms with Crippen LogP contribution in [-0.4, -0.2) is 20.3 Å². The summed E-state index contributed by atoms with van der Waals surface area (Å²) in [6.07, 6.45) is -5.02. The molecule has 0 radical (unpaired) electrons. The van der Waals surface area contributed by atoms with Gasteiger partial charge in [0.25, 0.3) is 5.91 Å². The first kappa shape index (κ1) is 20.4. The van der Waals surface area contributed by atoms with Gasteiger partial charge in [-0.3, -0.25) is 4.79 Å². The van der Waals surface area contributed by atoms with Crippen molar-refractivity contribution in [2.24, 2.45) is 16.5 Å². The molecule has 10 heteroatoms. The number of hydrogen-bond donors (Lipinski definition) is 2. The minimum Gasteiger partial charge on any atom is -0.370 e. The summed E-state index contributed by atoms with van der Waals surface area (Å²) in [7, 11) is -4.47. The zero-order valence-corrected chi connectivity index (χ0v) is 15.1. The topological polar surface area (TPSA) is 116 Å². The Hall–Kier alpha value is -2.88. The summed E-state index contributed by atoms with van der Waals surface area (Å²) >= 11 is 0. The third-order valence-corrected chi connectivity index (χ3v) is 5.52. The summed E-state index contributed by atoms with van der Waals surface area (Å²) in [5, 5.41) is 0. The van der Waals surface area contributed by atoms with Gasteiger partial charge in [-0.2, -0.15) is 18.2 Å². The molecule has 0 aromatic heterocycles. The molecule has 0 aliphatic carbocycles. The molecule has 0 fully saturated rings. The average Bonchev–Trinajstić information content (AvgIpc) is 2.53. The lowest BCUT2D eigenvalue weighted by molar-refractivity contribution is -0.139. The first-order chi connectivity index (χ1) is 12.3. The Balaban J connectivity index is 2.77. The van der Waals surface area contributed by atoms with Crippen molar-refractivity contribution in [3.8, 4) is 0 Å². The molecule has 0 bridgehead atoms. The smallest absolute Gasteiger partial charge is 0.370 e. The van der Waals surface area contributed by atoms with Gasteiger partial charge < -0.3 is 11.5 Å². The van der Waals surface area contributed by atoms with E-state index < -0.39 is 43.9 Å². The number of carbonyl (C=O) groups excluding carboxylic acids is 1. The molecule has 0 atom stereocenters. The number of hydrogen-bond acceptors (Lipinski definition) is 3. The highest BCUT2D eigenvalue weighted by molar-refractivity contribution is 7.91. The van der Waals surface area contributed by atoms with E-state index in [0.717, 1.165) is 11.6 Å². The van der Waals surface area contributed by atoms with Crippen LogP contribution in [0.15, 0.2) is 51.2 Å². The number of rotatable bonds is 3. The van der Waals surface area contributed by atoms with Crippen LogP contribution in [0.1, 0.15) is 27.0 Å². The number of alkyl halides is 3. The third-order valence-electron chi connectivity index (χ3n) is 3.71. The van der Waals surface area contributed by atoms with Crippen molar-refractivity contribution in [1.29, 1.82) is 0 Å². The summed E-state index contributed by atoms with van der Waals surface area (Å²) in [6.45, 7) is 3.01. The molecule has 27 heavy (non-hydrogen) atoms. The number of nitrogens with zero attached hydrogens (tertiary/aromatic N) is 1. The molecule has 0 aliphatic rings. The number of aliphatic imine (C=N–C) groups is 1. The molecule has 0 heterocycles. The summed E-state index contributed by atoms with van der Waals surface area (Å²) in [4.78, 5) is 13.9. The number of nitrogens with two attached hydrogens (primary N) is 2. The minimum atomic E-state index is -5.02. The fraction of sp³-hybridized carbons (Fsp3) is 0.176. The number of benzene rings is 2. The third kappa shape index (κ3) is 4.27. The van der Waals surface area contributed by atoms with E-state index in [1.165, 1.54) is 31.2 Å². The van der Waals surface area contributed by atoms with Crippen LogP contribution in [0.5, 0.6) is 0 Å². The van der Waals surface area contributed by atoms with Crippen LogP contribution in [0.3, 0.4) is 0 Å². The predicted octanol–water partition coefficient (Wildman–Crippen LogP) is 2.57. The minimum absolute atomic E-state index is 0.0105. The fourth-order valence-electron chi connectivity index (χ4n) is 2.38. The molecule has 0 aliphatic heterocycles. The molecular formula is C17H16F3N3O3S. The lowest BCUT2D eigenvalue weighted by Crippen LogP contribution is -2.24. The molecule has 2 aromatic carbocycles. The second-order valence-corrected chi connectivity index (χ2v) is 7.74. The van der Waals surface area contributed by atoms with Crippen LogP contribution < -0.4 is 11.5 Å². The van der Waals surface area contributed by atoms with E-state index in [9.17, 15) is 26.4 Å². The Labute approximate surface area is 153 Å². The van der Waals surface area contributed by atoms with Crippen LogP contribution in [0, 0.1) is 13.8 Å². The summed E-state index contributed by atoms with van der Waals surface area (Å²) in [5.74, 6) is -1.72. The summed E-state index contributed by atoms with van der Waals surface area (Å²) < 4.78 is 66.1. The van der Waals surface area contributed by atoms with Gasteiger partial charge in [0.15, 0.2) is 5.96 Å². The van der Waals surface area contributed by atoms with E-state index in [0.29, 0.717) is 6.07 Å². The number of aryl methyl sites for hydroxylation is 2. The lowest BCUT2D eigenvalue weighted by Gasteiger charge is -2.16. The molecule has 2 aromatic rings. The highest BCUT2D eigenvalue weighted by Crippen LogP contribution is 2.38. The van der Waals surface area contributed by atoms with Crippen molar-refractivity contribution in [3.05, 3.63) is 58.7 Å². The highest BCUT2D eigenvalue weighted by atomic mass is 32.2. The van der Waals surface area contributed by atoms with Crippen LogP contribution in [0.25, 0.3) is 0 Å². The van der Waals surface area contributed by atoms with Gasteiger partial charge in [0.1, 0.15) is 0 Å². The number of amides is 1. The van der Waals surface area contributed by atoms with Crippen molar-refractivity contribution < 1.29 is 26.4 Å². The van der Waals surface area contributed by atoms with Gasteiger partial charge in [-0.15, -0.1) is 0 Å². The zero-order chi connectivity index (χ0) is 20.6. The van der Waals surface area contributed by atoms with Crippen molar-refractivity contribution >= 4 is 21.7 Å². The molecule has 0 spiro atoms.